The third kappa shape index (κ3) is 10.1. The maximum atomic E-state index is 15.6. The minimum Gasteiger partial charge on any atom is -0.374 e. The molecule has 3 aliphatic rings. The molecule has 3 saturated heterocycles. The first-order chi connectivity index (χ1) is 30.6. The smallest absolute Gasteiger partial charge is 0.317 e. The Bertz CT molecular complexity index is 2620. The highest BCUT2D eigenvalue weighted by Gasteiger charge is 2.30. The van der Waals surface area contributed by atoms with Crippen LogP contribution in [0.4, 0.5) is 25.0 Å². The van der Waals surface area contributed by atoms with Gasteiger partial charge in [0.15, 0.2) is 5.82 Å². The number of imide groups is 1. The Kier molecular flexibility index (Phi) is 13.8. The number of anilines is 2. The van der Waals surface area contributed by atoms with Gasteiger partial charge in [-0.15, -0.1) is 0 Å². The molecule has 20 heteroatoms. The van der Waals surface area contributed by atoms with Gasteiger partial charge >= 0.3 is 16.2 Å². The predicted octanol–water partition coefficient (Wildman–Crippen LogP) is 5.37. The van der Waals surface area contributed by atoms with E-state index in [2.05, 4.69) is 59.5 Å². The monoisotopic (exact) mass is 899 g/mol. The van der Waals surface area contributed by atoms with Crippen molar-refractivity contribution < 1.29 is 36.4 Å². The van der Waals surface area contributed by atoms with E-state index in [0.717, 1.165) is 35.0 Å². The van der Waals surface area contributed by atoms with Crippen LogP contribution in [0, 0.1) is 11.6 Å². The van der Waals surface area contributed by atoms with Crippen molar-refractivity contribution >= 4 is 74.5 Å². The molecular weight excluding hydrogens is 849 g/mol. The highest BCUT2D eigenvalue weighted by molar-refractivity contribution is 7.90. The zero-order valence-electron chi connectivity index (χ0n) is 35.8. The second-order valence-electron chi connectivity index (χ2n) is 16.1. The highest BCUT2D eigenvalue weighted by Crippen LogP contribution is 2.31. The number of hydrogen-bond acceptors (Lipinski definition) is 9. The number of nitrogens with zero attached hydrogens (tertiary/aromatic N) is 6. The summed E-state index contributed by atoms with van der Waals surface area (Å²) >= 11 is 0. The molecule has 4 amide bonds. The summed E-state index contributed by atoms with van der Waals surface area (Å²) in [6, 6.07) is 10.9. The lowest BCUT2D eigenvalue weighted by Crippen LogP contribution is -2.51. The van der Waals surface area contributed by atoms with E-state index in [-0.39, 0.29) is 41.4 Å². The zero-order valence-corrected chi connectivity index (χ0v) is 36.6. The van der Waals surface area contributed by atoms with Crippen molar-refractivity contribution in [2.24, 2.45) is 9.98 Å². The van der Waals surface area contributed by atoms with Crippen molar-refractivity contribution in [3.63, 3.8) is 0 Å². The van der Waals surface area contributed by atoms with Gasteiger partial charge in [-0.1, -0.05) is 19.1 Å². The van der Waals surface area contributed by atoms with Crippen molar-refractivity contribution in [3.05, 3.63) is 94.9 Å². The molecule has 2 aromatic carbocycles. The predicted molar refractivity (Wildman–Crippen MR) is 240 cm³/mol. The number of rotatable bonds is 12. The van der Waals surface area contributed by atoms with Gasteiger partial charge in [0, 0.05) is 87.5 Å². The Morgan fingerprint density at radius 2 is 1.72 bits per heavy atom. The first-order valence-electron chi connectivity index (χ1n) is 21.1. The van der Waals surface area contributed by atoms with Crippen LogP contribution in [0.15, 0.2) is 71.0 Å². The van der Waals surface area contributed by atoms with Crippen LogP contribution in [0.25, 0.3) is 16.6 Å². The van der Waals surface area contributed by atoms with Crippen LogP contribution in [0.1, 0.15) is 85.3 Å². The molecule has 5 heterocycles. The first kappa shape index (κ1) is 45.5. The van der Waals surface area contributed by atoms with E-state index in [9.17, 15) is 27.6 Å². The molecule has 0 saturated carbocycles. The summed E-state index contributed by atoms with van der Waals surface area (Å²) < 4.78 is 58.8. The molecule has 338 valence electrons. The fraction of sp³-hybridized carbons (Fsp3) is 0.386. The summed E-state index contributed by atoms with van der Waals surface area (Å²) in [6.07, 6.45) is 8.24. The number of halogens is 2. The third-order valence-corrected chi connectivity index (χ3v) is 13.6. The molecule has 3 aliphatic heterocycles. The number of carbonyl (C=O) groups excluding carboxylic acids is 4. The standard InChI is InChI=1S/C44H51F2N11O6S/c1-5-55(4)64(62,63)54-35-11-10-34(45)38(39(35)46)40(59)33-25-49-41-32(33)22-29(24-48-41)26(2)23-50-43(47-3)56-20-16-31(17-21-56)52-44(61)57-18-14-28(15-19-57)27-6-8-30(9-7-27)51-36-12-13-37(58)53-42(36)60/h6-11,22-25,28,31,36,51,54H,3,5,12-21H2,1-2,4H3,(H,48,49)(H,52,61)(H,53,58,60)/b26-23+,50-43?. The van der Waals surface area contributed by atoms with E-state index in [4.69, 9.17) is 0 Å². The molecule has 17 nitrogen and oxygen atoms in total. The van der Waals surface area contributed by atoms with E-state index >= 15 is 8.78 Å². The molecule has 64 heavy (non-hydrogen) atoms. The Labute approximate surface area is 369 Å². The van der Waals surface area contributed by atoms with Gasteiger partial charge in [-0.25, -0.2) is 28.5 Å². The van der Waals surface area contributed by atoms with Gasteiger partial charge in [-0.2, -0.15) is 12.7 Å². The van der Waals surface area contributed by atoms with Crippen molar-refractivity contribution in [2.75, 3.05) is 49.8 Å². The van der Waals surface area contributed by atoms with Gasteiger partial charge in [0.05, 0.1) is 11.3 Å². The summed E-state index contributed by atoms with van der Waals surface area (Å²) in [5.74, 6) is -3.37. The Balaban J connectivity index is 0.919. The summed E-state index contributed by atoms with van der Waals surface area (Å²) in [6.45, 7) is 9.61. The molecule has 0 bridgehead atoms. The van der Waals surface area contributed by atoms with Crippen LogP contribution >= 0.6 is 0 Å². The number of aromatic nitrogens is 2. The maximum absolute atomic E-state index is 15.6. The number of hydrogen-bond donors (Lipinski definition) is 5. The number of H-pyrrole nitrogens is 1. The second-order valence-corrected chi connectivity index (χ2v) is 17.9. The van der Waals surface area contributed by atoms with Crippen molar-refractivity contribution in [1.29, 1.82) is 0 Å². The van der Waals surface area contributed by atoms with Gasteiger partial charge in [-0.3, -0.25) is 24.4 Å². The number of fused-ring (bicyclic) bond motifs is 1. The lowest BCUT2D eigenvalue weighted by Gasteiger charge is -2.36. The largest absolute Gasteiger partial charge is 0.374 e. The minimum absolute atomic E-state index is 0.0261. The molecule has 1 unspecified atom stereocenters. The molecule has 3 fully saturated rings. The number of benzene rings is 2. The average molecular weight is 900 g/mol. The number of allylic oxidation sites excluding steroid dienone is 1. The molecule has 2 aromatic heterocycles. The average Bonchev–Trinajstić information content (AvgIpc) is 3.72. The van der Waals surface area contributed by atoms with Crippen LogP contribution in [0.5, 0.6) is 0 Å². The number of urea groups is 1. The lowest BCUT2D eigenvalue weighted by molar-refractivity contribution is -0.133. The van der Waals surface area contributed by atoms with E-state index in [1.807, 2.05) is 21.9 Å². The Morgan fingerprint density at radius 1 is 1.02 bits per heavy atom. The summed E-state index contributed by atoms with van der Waals surface area (Å²) in [5.41, 5.74) is 1.95. The van der Waals surface area contributed by atoms with Crippen molar-refractivity contribution in [2.45, 2.75) is 70.4 Å². The van der Waals surface area contributed by atoms with E-state index < -0.39 is 44.9 Å². The number of ketones is 1. The molecule has 0 radical (unpaired) electrons. The number of aromatic amines is 1. The third-order valence-electron chi connectivity index (χ3n) is 12.0. The van der Waals surface area contributed by atoms with Gasteiger partial charge in [0.1, 0.15) is 17.5 Å². The maximum Gasteiger partial charge on any atom is 0.317 e. The lowest BCUT2D eigenvalue weighted by atomic mass is 9.89. The molecular formula is C44H51F2N11O6S. The van der Waals surface area contributed by atoms with Crippen molar-refractivity contribution in [1.82, 2.24) is 34.7 Å². The van der Waals surface area contributed by atoms with Gasteiger partial charge < -0.3 is 25.4 Å². The zero-order chi connectivity index (χ0) is 45.7. The Morgan fingerprint density at radius 3 is 2.39 bits per heavy atom. The van der Waals surface area contributed by atoms with Crippen LogP contribution < -0.4 is 20.7 Å². The summed E-state index contributed by atoms with van der Waals surface area (Å²) in [7, 11) is -2.87. The number of amides is 4. The Hall–Kier alpha value is -6.54. The number of carbonyl (C=O) groups is 4. The van der Waals surface area contributed by atoms with Crippen LogP contribution in [-0.4, -0.2) is 121 Å². The number of pyridine rings is 1. The number of guanidine groups is 1. The molecule has 0 aliphatic carbocycles. The fourth-order valence-corrected chi connectivity index (χ4v) is 8.94. The van der Waals surface area contributed by atoms with Crippen LogP contribution in [0.2, 0.25) is 0 Å². The van der Waals surface area contributed by atoms with E-state index in [0.29, 0.717) is 80.5 Å². The number of nitrogens with one attached hydrogen (secondary N) is 5. The quantitative estimate of drug-likeness (QED) is 0.0535. The number of aliphatic imine (C=N–C) groups is 2. The van der Waals surface area contributed by atoms with E-state index in [1.54, 1.807) is 32.3 Å². The van der Waals surface area contributed by atoms with Gasteiger partial charge in [-0.05, 0) is 98.7 Å². The second kappa shape index (κ2) is 19.5. The SMILES string of the molecule is C=NC(=N/C=C(\C)c1cnc2[nH]cc(C(=O)c3c(F)ccc(NS(=O)(=O)N(C)CC)c3F)c2c1)N1CCC(NC(=O)N2CCC(c3ccc(NC4CCC(=O)NC4=O)cc3)CC2)CC1. The topological polar surface area (TPSA) is 214 Å². The van der Waals surface area contributed by atoms with E-state index in [1.165, 1.54) is 18.8 Å². The number of likely N-dealkylation sites (tertiary alicyclic amines) is 2. The van der Waals surface area contributed by atoms with Gasteiger partial charge in [0.2, 0.25) is 23.6 Å². The molecule has 7 rings (SSSR count). The fourth-order valence-electron chi connectivity index (χ4n) is 8.01. The summed E-state index contributed by atoms with van der Waals surface area (Å²) in [5, 5.41) is 9.06. The molecule has 0 spiro atoms. The molecule has 1 atom stereocenters. The van der Waals surface area contributed by atoms with Gasteiger partial charge in [0.25, 0.3) is 0 Å². The highest BCUT2D eigenvalue weighted by atomic mass is 32.2. The molecule has 4 aromatic rings. The van der Waals surface area contributed by atoms with Crippen LogP contribution in [-0.2, 0) is 19.8 Å². The molecule has 5 N–H and O–H groups in total. The normalized spacial score (nSPS) is 18.3. The number of piperidine rings is 3. The first-order valence-corrected chi connectivity index (χ1v) is 22.6. The minimum atomic E-state index is -4.16. The van der Waals surface area contributed by atoms with Crippen LogP contribution in [0.3, 0.4) is 0 Å². The van der Waals surface area contributed by atoms with Crippen molar-refractivity contribution in [3.8, 4) is 0 Å². The summed E-state index contributed by atoms with van der Waals surface area (Å²) in [4.78, 5) is 70.3.